The molecule has 0 atom stereocenters. The maximum absolute atomic E-state index is 13.7. The second kappa shape index (κ2) is 8.42. The Balaban J connectivity index is 1.64. The number of likely N-dealkylation sites (tertiary alicyclic amines) is 1. The molecule has 0 saturated carbocycles. The van der Waals surface area contributed by atoms with Crippen molar-refractivity contribution in [2.75, 3.05) is 37.6 Å². The smallest absolute Gasteiger partial charge is 0.261 e. The molecule has 3 aromatic rings. The molecule has 34 heavy (non-hydrogen) atoms. The number of aliphatic hydroxyl groups is 1. The quantitative estimate of drug-likeness (QED) is 0.453. The second-order valence-corrected chi connectivity index (χ2v) is 10.0. The first-order valence-electron chi connectivity index (χ1n) is 12.1. The summed E-state index contributed by atoms with van der Waals surface area (Å²) < 4.78 is 29.8. The maximum atomic E-state index is 13.7. The lowest BCUT2D eigenvalue weighted by Gasteiger charge is -2.35. The van der Waals surface area contributed by atoms with Gasteiger partial charge < -0.3 is 14.6 Å². The zero-order valence-corrected chi connectivity index (χ0v) is 20.3. The number of alkyl halides is 2. The van der Waals surface area contributed by atoms with E-state index in [4.69, 9.17) is 0 Å². The van der Waals surface area contributed by atoms with E-state index in [-0.39, 0.29) is 18.7 Å². The van der Waals surface area contributed by atoms with Crippen LogP contribution in [0, 0.1) is 20.8 Å². The molecule has 5 rings (SSSR count). The number of aromatic nitrogens is 1. The highest BCUT2D eigenvalue weighted by atomic mass is 19.3. The number of hydrogen-bond acceptors (Lipinski definition) is 3. The van der Waals surface area contributed by atoms with Gasteiger partial charge in [-0.15, -0.1) is 0 Å². The molecule has 0 unspecified atom stereocenters. The molecular formula is C28H33F2N3O. The summed E-state index contributed by atoms with van der Waals surface area (Å²) in [5.74, 6) is -2.43. The highest BCUT2D eigenvalue weighted by molar-refractivity contribution is 6.06. The van der Waals surface area contributed by atoms with Gasteiger partial charge in [0.25, 0.3) is 5.92 Å². The van der Waals surface area contributed by atoms with Gasteiger partial charge in [0.05, 0.1) is 23.5 Å². The van der Waals surface area contributed by atoms with Crippen LogP contribution in [-0.2, 0) is 13.0 Å². The first kappa shape index (κ1) is 22.9. The van der Waals surface area contributed by atoms with Crippen molar-refractivity contribution in [3.63, 3.8) is 0 Å². The predicted octanol–water partition coefficient (Wildman–Crippen LogP) is 6.01. The lowest BCUT2D eigenvalue weighted by Crippen LogP contribution is -2.39. The van der Waals surface area contributed by atoms with Gasteiger partial charge >= 0.3 is 0 Å². The number of aryl methyl sites for hydroxylation is 2. The Morgan fingerprint density at radius 1 is 1.06 bits per heavy atom. The van der Waals surface area contributed by atoms with E-state index in [9.17, 15) is 13.9 Å². The number of rotatable bonds is 6. The van der Waals surface area contributed by atoms with Gasteiger partial charge in [0.15, 0.2) is 0 Å². The lowest BCUT2D eigenvalue weighted by atomic mass is 9.88. The third-order valence-electron chi connectivity index (χ3n) is 7.47. The Labute approximate surface area is 200 Å². The molecule has 1 N–H and O–H groups in total. The summed E-state index contributed by atoms with van der Waals surface area (Å²) in [4.78, 5) is 4.23. The van der Waals surface area contributed by atoms with Crippen molar-refractivity contribution in [1.82, 2.24) is 9.47 Å². The SMILES string of the molecule is C=C(O)Cc1c(C)c2c3c(cc(C)n3CCN2CCN2CCC(F)(F)C2)c1-c1ccc(C)cc1. The topological polar surface area (TPSA) is 31.6 Å². The van der Waals surface area contributed by atoms with E-state index in [0.29, 0.717) is 26.1 Å². The van der Waals surface area contributed by atoms with Crippen LogP contribution in [-0.4, -0.2) is 53.2 Å². The fourth-order valence-corrected chi connectivity index (χ4v) is 5.76. The number of anilines is 1. The van der Waals surface area contributed by atoms with E-state index >= 15 is 0 Å². The fourth-order valence-electron chi connectivity index (χ4n) is 5.76. The van der Waals surface area contributed by atoms with E-state index in [1.54, 1.807) is 0 Å². The van der Waals surface area contributed by atoms with Crippen LogP contribution in [0.1, 0.15) is 28.8 Å². The number of hydrogen-bond donors (Lipinski definition) is 1. The van der Waals surface area contributed by atoms with E-state index in [0.717, 1.165) is 41.0 Å². The third kappa shape index (κ3) is 3.98. The van der Waals surface area contributed by atoms with Crippen molar-refractivity contribution in [2.45, 2.75) is 46.1 Å². The van der Waals surface area contributed by atoms with Crippen LogP contribution in [0.25, 0.3) is 22.0 Å². The molecule has 1 aromatic heterocycles. The number of allylic oxidation sites excluding steroid dienone is 1. The van der Waals surface area contributed by atoms with Gasteiger partial charge in [0.2, 0.25) is 0 Å². The van der Waals surface area contributed by atoms with E-state index < -0.39 is 5.92 Å². The van der Waals surface area contributed by atoms with Gasteiger partial charge in [-0.25, -0.2) is 8.78 Å². The monoisotopic (exact) mass is 465 g/mol. The fraction of sp³-hybridized carbons (Fsp3) is 0.429. The van der Waals surface area contributed by atoms with Crippen molar-refractivity contribution in [3.05, 3.63) is 65.1 Å². The zero-order chi connectivity index (χ0) is 24.2. The maximum Gasteiger partial charge on any atom is 0.261 e. The minimum atomic E-state index is -2.57. The lowest BCUT2D eigenvalue weighted by molar-refractivity contribution is 0.0125. The molecule has 2 aromatic carbocycles. The summed E-state index contributed by atoms with van der Waals surface area (Å²) >= 11 is 0. The van der Waals surface area contributed by atoms with Crippen LogP contribution in [0.3, 0.4) is 0 Å². The average molecular weight is 466 g/mol. The Bertz CT molecular complexity index is 1260. The summed E-state index contributed by atoms with van der Waals surface area (Å²) in [5.41, 5.74) is 9.26. The Kier molecular flexibility index (Phi) is 5.67. The second-order valence-electron chi connectivity index (χ2n) is 10.0. The molecule has 0 amide bonds. The first-order chi connectivity index (χ1) is 16.1. The van der Waals surface area contributed by atoms with Gasteiger partial charge in [-0.3, -0.25) is 4.90 Å². The molecule has 0 spiro atoms. The molecule has 1 fully saturated rings. The molecule has 0 radical (unpaired) electrons. The molecule has 4 nitrogen and oxygen atoms in total. The van der Waals surface area contributed by atoms with Crippen molar-refractivity contribution in [2.24, 2.45) is 0 Å². The average Bonchev–Trinajstić information content (AvgIpc) is 3.30. The van der Waals surface area contributed by atoms with E-state index in [1.807, 2.05) is 4.90 Å². The summed E-state index contributed by atoms with van der Waals surface area (Å²) in [5, 5.41) is 11.4. The molecule has 0 bridgehead atoms. The number of aliphatic hydroxyl groups excluding tert-OH is 1. The molecule has 180 valence electrons. The number of nitrogens with zero attached hydrogens (tertiary/aromatic N) is 3. The van der Waals surface area contributed by atoms with Crippen molar-refractivity contribution in [1.29, 1.82) is 0 Å². The molecule has 2 aliphatic rings. The van der Waals surface area contributed by atoms with Crippen molar-refractivity contribution in [3.8, 4) is 11.1 Å². The minimum Gasteiger partial charge on any atom is -0.513 e. The first-order valence-corrected chi connectivity index (χ1v) is 12.1. The van der Waals surface area contributed by atoms with Crippen LogP contribution >= 0.6 is 0 Å². The molecule has 0 aliphatic carbocycles. The largest absolute Gasteiger partial charge is 0.513 e. The highest BCUT2D eigenvalue weighted by Gasteiger charge is 2.38. The van der Waals surface area contributed by atoms with Crippen molar-refractivity contribution >= 4 is 16.6 Å². The molecule has 2 aliphatic heterocycles. The summed E-state index contributed by atoms with van der Waals surface area (Å²) in [6.07, 6.45) is 0.334. The highest BCUT2D eigenvalue weighted by Crippen LogP contribution is 2.45. The standard InChI is InChI=1S/C28H33F2N3O/c1-18-5-7-22(8-6-18)25-23(16-20(3)34)21(4)26-27-24(25)15-19(2)33(27)14-13-32(26)12-11-31-10-9-28(29,30)17-31/h5-8,15,34H,3,9-14,16-17H2,1-2,4H3. The van der Waals surface area contributed by atoms with Crippen molar-refractivity contribution < 1.29 is 13.9 Å². The Hall–Kier alpha value is -2.86. The molecule has 6 heteroatoms. The van der Waals surface area contributed by atoms with Gasteiger partial charge in [-0.1, -0.05) is 36.4 Å². The molecule has 1 saturated heterocycles. The Morgan fingerprint density at radius 2 is 1.79 bits per heavy atom. The van der Waals surface area contributed by atoms with Crippen LogP contribution in [0.5, 0.6) is 0 Å². The number of halogens is 2. The van der Waals surface area contributed by atoms with Crippen LogP contribution < -0.4 is 4.90 Å². The summed E-state index contributed by atoms with van der Waals surface area (Å²) in [6.45, 7) is 13.5. The Morgan fingerprint density at radius 3 is 2.44 bits per heavy atom. The third-order valence-corrected chi connectivity index (χ3v) is 7.47. The zero-order valence-electron chi connectivity index (χ0n) is 20.3. The summed E-state index contributed by atoms with van der Waals surface area (Å²) in [6, 6.07) is 10.8. The van der Waals surface area contributed by atoms with Gasteiger partial charge in [-0.2, -0.15) is 0 Å². The number of benzene rings is 2. The van der Waals surface area contributed by atoms with E-state index in [1.165, 1.54) is 22.2 Å². The van der Waals surface area contributed by atoms with Crippen LogP contribution in [0.2, 0.25) is 0 Å². The van der Waals surface area contributed by atoms with Gasteiger partial charge in [0, 0.05) is 56.6 Å². The van der Waals surface area contributed by atoms with Gasteiger partial charge in [-0.05, 0) is 49.1 Å². The van der Waals surface area contributed by atoms with E-state index in [2.05, 4.69) is 67.1 Å². The van der Waals surface area contributed by atoms with Gasteiger partial charge in [0.1, 0.15) is 0 Å². The predicted molar refractivity (Wildman–Crippen MR) is 135 cm³/mol. The normalized spacial score (nSPS) is 17.6. The van der Waals surface area contributed by atoms with Crippen LogP contribution in [0.15, 0.2) is 42.7 Å². The molecular weight excluding hydrogens is 432 g/mol. The van der Waals surface area contributed by atoms with Crippen LogP contribution in [0.4, 0.5) is 14.5 Å². The molecule has 3 heterocycles. The minimum absolute atomic E-state index is 0.0493. The summed E-state index contributed by atoms with van der Waals surface area (Å²) in [7, 11) is 0.